The third-order valence-electron chi connectivity index (χ3n) is 1.66. The molecule has 1 aromatic rings. The summed E-state index contributed by atoms with van der Waals surface area (Å²) in [6.45, 7) is 3.83. The van der Waals surface area contributed by atoms with E-state index in [1.807, 2.05) is 13.8 Å². The number of rotatable bonds is 2. The molecule has 58 valence electrons. The van der Waals surface area contributed by atoms with Crippen LogP contribution in [0.3, 0.4) is 0 Å². The van der Waals surface area contributed by atoms with Crippen LogP contribution >= 0.6 is 0 Å². The van der Waals surface area contributed by atoms with E-state index in [4.69, 9.17) is 9.78 Å². The normalized spacial score (nSPS) is 9.55. The van der Waals surface area contributed by atoms with Gasteiger partial charge in [0, 0.05) is 5.56 Å². The van der Waals surface area contributed by atoms with Crippen molar-refractivity contribution in [1.29, 1.82) is 5.26 Å². The summed E-state index contributed by atoms with van der Waals surface area (Å²) >= 11 is 0. The zero-order valence-electron chi connectivity index (χ0n) is 6.72. The van der Waals surface area contributed by atoms with Crippen molar-refractivity contribution in [3.8, 4) is 6.07 Å². The minimum absolute atomic E-state index is 0.401. The number of aryl methyl sites for hydroxylation is 2. The maximum Gasteiger partial charge on any atom is 0.138 e. The van der Waals surface area contributed by atoms with Crippen LogP contribution in [0.5, 0.6) is 0 Å². The zero-order valence-corrected chi connectivity index (χ0v) is 6.72. The molecule has 11 heavy (non-hydrogen) atoms. The molecule has 3 nitrogen and oxygen atoms in total. The molecule has 0 saturated carbocycles. The molecule has 0 aromatic carbocycles. The predicted octanol–water partition coefficient (Wildman–Crippen LogP) is 1.61. The summed E-state index contributed by atoms with van der Waals surface area (Å²) in [7, 11) is 0. The van der Waals surface area contributed by atoms with Gasteiger partial charge in [0.15, 0.2) is 0 Å². The SMILES string of the molecule is CCc1noc(C)c1CC#N. The lowest BCUT2D eigenvalue weighted by atomic mass is 10.1. The summed E-state index contributed by atoms with van der Waals surface area (Å²) in [5, 5.41) is 12.3. The van der Waals surface area contributed by atoms with Gasteiger partial charge in [-0.15, -0.1) is 0 Å². The van der Waals surface area contributed by atoms with Crippen molar-refractivity contribution >= 4 is 0 Å². The fourth-order valence-electron chi connectivity index (χ4n) is 1.02. The molecule has 0 saturated heterocycles. The summed E-state index contributed by atoms with van der Waals surface area (Å²) in [6.07, 6.45) is 1.23. The second-order valence-corrected chi connectivity index (χ2v) is 2.35. The second kappa shape index (κ2) is 3.20. The zero-order chi connectivity index (χ0) is 8.27. The van der Waals surface area contributed by atoms with Crippen molar-refractivity contribution in [3.63, 3.8) is 0 Å². The molecule has 1 aromatic heterocycles. The largest absolute Gasteiger partial charge is 0.361 e. The van der Waals surface area contributed by atoms with Crippen molar-refractivity contribution in [1.82, 2.24) is 5.16 Å². The molecular formula is C8H10N2O. The average Bonchev–Trinajstić information content (AvgIpc) is 2.34. The van der Waals surface area contributed by atoms with Gasteiger partial charge in [-0.3, -0.25) is 0 Å². The molecule has 0 aliphatic carbocycles. The Morgan fingerprint density at radius 2 is 2.36 bits per heavy atom. The van der Waals surface area contributed by atoms with E-state index >= 15 is 0 Å². The highest BCUT2D eigenvalue weighted by atomic mass is 16.5. The first-order valence-corrected chi connectivity index (χ1v) is 3.60. The molecule has 0 N–H and O–H groups in total. The van der Waals surface area contributed by atoms with Crippen LogP contribution in [0.1, 0.15) is 23.9 Å². The molecule has 0 atom stereocenters. The molecule has 0 spiro atoms. The van der Waals surface area contributed by atoms with Gasteiger partial charge in [-0.25, -0.2) is 0 Å². The number of hydrogen-bond donors (Lipinski definition) is 0. The van der Waals surface area contributed by atoms with Crippen LogP contribution < -0.4 is 0 Å². The Morgan fingerprint density at radius 1 is 1.64 bits per heavy atom. The summed E-state index contributed by atoms with van der Waals surface area (Å²) in [5.74, 6) is 0.767. The first kappa shape index (κ1) is 7.80. The van der Waals surface area contributed by atoms with E-state index in [2.05, 4.69) is 11.2 Å². The lowest BCUT2D eigenvalue weighted by Gasteiger charge is -1.90. The van der Waals surface area contributed by atoms with Gasteiger partial charge in [-0.2, -0.15) is 5.26 Å². The Morgan fingerprint density at radius 3 is 2.91 bits per heavy atom. The van der Waals surface area contributed by atoms with Crippen LogP contribution in [-0.2, 0) is 12.8 Å². The molecule has 3 heteroatoms. The Labute approximate surface area is 65.6 Å². The molecule has 0 aliphatic rings. The second-order valence-electron chi connectivity index (χ2n) is 2.35. The molecule has 1 rings (SSSR count). The first-order valence-electron chi connectivity index (χ1n) is 3.60. The highest BCUT2D eigenvalue weighted by Gasteiger charge is 2.09. The van der Waals surface area contributed by atoms with Crippen molar-refractivity contribution in [2.75, 3.05) is 0 Å². The van der Waals surface area contributed by atoms with Gasteiger partial charge in [0.05, 0.1) is 18.2 Å². The van der Waals surface area contributed by atoms with Crippen LogP contribution in [0.4, 0.5) is 0 Å². The Kier molecular flexibility index (Phi) is 2.27. The van der Waals surface area contributed by atoms with Crippen LogP contribution in [0.15, 0.2) is 4.52 Å². The lowest BCUT2D eigenvalue weighted by Crippen LogP contribution is -1.89. The van der Waals surface area contributed by atoms with E-state index < -0.39 is 0 Å². The van der Waals surface area contributed by atoms with Gasteiger partial charge in [0.25, 0.3) is 0 Å². The third-order valence-corrected chi connectivity index (χ3v) is 1.66. The van der Waals surface area contributed by atoms with Gasteiger partial charge >= 0.3 is 0 Å². The van der Waals surface area contributed by atoms with E-state index in [0.717, 1.165) is 23.4 Å². The Balaban J connectivity index is 2.99. The Hall–Kier alpha value is -1.30. The van der Waals surface area contributed by atoms with Crippen molar-refractivity contribution in [2.45, 2.75) is 26.7 Å². The average molecular weight is 150 g/mol. The van der Waals surface area contributed by atoms with Crippen LogP contribution in [0.25, 0.3) is 0 Å². The predicted molar refractivity (Wildman–Crippen MR) is 39.9 cm³/mol. The van der Waals surface area contributed by atoms with Gasteiger partial charge < -0.3 is 4.52 Å². The minimum atomic E-state index is 0.401. The fourth-order valence-corrected chi connectivity index (χ4v) is 1.02. The number of nitrogens with zero attached hydrogens (tertiary/aromatic N) is 2. The molecule has 0 radical (unpaired) electrons. The molecule has 0 fully saturated rings. The molecule has 1 heterocycles. The van der Waals surface area contributed by atoms with E-state index in [9.17, 15) is 0 Å². The number of nitriles is 1. The highest BCUT2D eigenvalue weighted by molar-refractivity contribution is 5.24. The standard InChI is InChI=1S/C8H10N2O/c1-3-8-7(4-5-9)6(2)11-10-8/h3-4H2,1-2H3. The van der Waals surface area contributed by atoms with Gasteiger partial charge in [-0.1, -0.05) is 12.1 Å². The van der Waals surface area contributed by atoms with Gasteiger partial charge in [0.1, 0.15) is 5.76 Å². The Bertz CT molecular complexity index is 283. The summed E-state index contributed by atoms with van der Waals surface area (Å²) in [5.41, 5.74) is 1.86. The van der Waals surface area contributed by atoms with E-state index in [0.29, 0.717) is 6.42 Å². The van der Waals surface area contributed by atoms with Crippen molar-refractivity contribution in [3.05, 3.63) is 17.0 Å². The quantitative estimate of drug-likeness (QED) is 0.643. The minimum Gasteiger partial charge on any atom is -0.361 e. The molecule has 0 bridgehead atoms. The first-order chi connectivity index (χ1) is 5.29. The van der Waals surface area contributed by atoms with Crippen molar-refractivity contribution in [2.24, 2.45) is 0 Å². The van der Waals surface area contributed by atoms with Crippen molar-refractivity contribution < 1.29 is 4.52 Å². The summed E-state index contributed by atoms with van der Waals surface area (Å²) < 4.78 is 4.94. The smallest absolute Gasteiger partial charge is 0.138 e. The fraction of sp³-hybridized carbons (Fsp3) is 0.500. The molecule has 0 unspecified atom stereocenters. The number of hydrogen-bond acceptors (Lipinski definition) is 3. The van der Waals surface area contributed by atoms with Crippen LogP contribution in [0.2, 0.25) is 0 Å². The molecule has 0 amide bonds. The monoisotopic (exact) mass is 150 g/mol. The van der Waals surface area contributed by atoms with E-state index in [1.54, 1.807) is 0 Å². The van der Waals surface area contributed by atoms with E-state index in [-0.39, 0.29) is 0 Å². The topological polar surface area (TPSA) is 49.8 Å². The maximum absolute atomic E-state index is 8.46. The maximum atomic E-state index is 8.46. The molecular weight excluding hydrogens is 140 g/mol. The lowest BCUT2D eigenvalue weighted by molar-refractivity contribution is 0.390. The summed E-state index contributed by atoms with van der Waals surface area (Å²) in [4.78, 5) is 0. The van der Waals surface area contributed by atoms with Gasteiger partial charge in [0.2, 0.25) is 0 Å². The summed E-state index contributed by atoms with van der Waals surface area (Å²) in [6, 6.07) is 2.09. The van der Waals surface area contributed by atoms with Crippen LogP contribution in [0, 0.1) is 18.3 Å². The van der Waals surface area contributed by atoms with E-state index in [1.165, 1.54) is 0 Å². The highest BCUT2D eigenvalue weighted by Crippen LogP contribution is 2.13. The number of aromatic nitrogens is 1. The van der Waals surface area contributed by atoms with Gasteiger partial charge in [-0.05, 0) is 13.3 Å². The molecule has 0 aliphatic heterocycles. The third kappa shape index (κ3) is 1.40. The van der Waals surface area contributed by atoms with Crippen LogP contribution in [-0.4, -0.2) is 5.16 Å².